The van der Waals surface area contributed by atoms with Gasteiger partial charge in [0.2, 0.25) is 5.95 Å². The molecule has 1 atom stereocenters. The average Bonchev–Trinajstić information content (AvgIpc) is 3.11. The summed E-state index contributed by atoms with van der Waals surface area (Å²) in [5, 5.41) is 9.07. The normalized spacial score (nSPS) is 15.6. The quantitative estimate of drug-likeness (QED) is 0.567. The number of ether oxygens (including phenoxy) is 2. The lowest BCUT2D eigenvalue weighted by Crippen LogP contribution is -2.31. The lowest BCUT2D eigenvalue weighted by Gasteiger charge is -2.28. The number of para-hydroxylation sites is 2. The number of esters is 1. The lowest BCUT2D eigenvalue weighted by atomic mass is 10.1. The number of hydrogen-bond acceptors (Lipinski definition) is 7. The van der Waals surface area contributed by atoms with Gasteiger partial charge in [0.05, 0.1) is 19.9 Å². The van der Waals surface area contributed by atoms with Crippen molar-refractivity contribution < 1.29 is 14.3 Å². The first-order chi connectivity index (χ1) is 12.7. The minimum atomic E-state index is -0.383. The molecule has 26 heavy (non-hydrogen) atoms. The van der Waals surface area contributed by atoms with E-state index in [9.17, 15) is 4.79 Å². The van der Waals surface area contributed by atoms with Gasteiger partial charge in [0.25, 0.3) is 0 Å². The number of carbonyl (C=O) groups excluding carboxylic acids is 1. The Morgan fingerprint density at radius 2 is 1.88 bits per heavy atom. The molecule has 0 unspecified atom stereocenters. The van der Waals surface area contributed by atoms with Gasteiger partial charge in [-0.15, -0.1) is 10.2 Å². The number of benzene rings is 1. The van der Waals surface area contributed by atoms with Crippen molar-refractivity contribution in [3.05, 3.63) is 24.3 Å². The van der Waals surface area contributed by atoms with Crippen LogP contribution in [0.5, 0.6) is 5.75 Å². The number of rotatable bonds is 6. The summed E-state index contributed by atoms with van der Waals surface area (Å²) in [5.74, 6) is 1.23. The molecule has 140 valence electrons. The highest BCUT2D eigenvalue weighted by molar-refractivity contribution is 8.00. The van der Waals surface area contributed by atoms with Crippen molar-refractivity contribution in [3.63, 3.8) is 0 Å². The van der Waals surface area contributed by atoms with Crippen LogP contribution in [-0.2, 0) is 9.53 Å². The van der Waals surface area contributed by atoms with Gasteiger partial charge in [-0.1, -0.05) is 23.9 Å². The van der Waals surface area contributed by atoms with Gasteiger partial charge < -0.3 is 14.4 Å². The minimum Gasteiger partial charge on any atom is -0.495 e. The Balaban J connectivity index is 2.04. The van der Waals surface area contributed by atoms with Gasteiger partial charge in [0.1, 0.15) is 11.0 Å². The zero-order valence-electron chi connectivity index (χ0n) is 15.3. The molecule has 1 aliphatic rings. The number of methoxy groups -OCH3 is 2. The summed E-state index contributed by atoms with van der Waals surface area (Å²) in [5.41, 5.74) is 0.861. The first-order valence-corrected chi connectivity index (χ1v) is 9.62. The molecule has 3 rings (SSSR count). The van der Waals surface area contributed by atoms with Crippen molar-refractivity contribution in [2.45, 2.75) is 36.6 Å². The van der Waals surface area contributed by atoms with Gasteiger partial charge in [0.15, 0.2) is 5.16 Å². The predicted molar refractivity (Wildman–Crippen MR) is 101 cm³/mol. The summed E-state index contributed by atoms with van der Waals surface area (Å²) in [6.45, 7) is 3.70. The number of piperidine rings is 1. The Hall–Kier alpha value is -2.22. The third-order valence-corrected chi connectivity index (χ3v) is 5.42. The molecule has 0 spiro atoms. The fourth-order valence-corrected chi connectivity index (χ4v) is 3.92. The molecule has 0 aliphatic carbocycles. The van der Waals surface area contributed by atoms with E-state index in [1.165, 1.54) is 25.3 Å². The standard InChI is InChI=1S/C18H24N4O3S/c1-13(16(23)25-3)26-18-20-19-17(21-11-7-4-8-12-21)22(18)14-9-5-6-10-15(14)24-2/h5-6,9-10,13H,4,7-8,11-12H2,1-3H3/t13-/m1/s1. The van der Waals surface area contributed by atoms with Crippen molar-refractivity contribution in [2.75, 3.05) is 32.2 Å². The molecular formula is C18H24N4O3S. The van der Waals surface area contributed by atoms with Crippen LogP contribution in [0.15, 0.2) is 29.4 Å². The van der Waals surface area contributed by atoms with Crippen LogP contribution in [0.25, 0.3) is 5.69 Å². The highest BCUT2D eigenvalue weighted by Gasteiger charge is 2.26. The number of thioether (sulfide) groups is 1. The SMILES string of the molecule is COC(=O)[C@@H](C)Sc1nnc(N2CCCCC2)n1-c1ccccc1OC. The van der Waals surface area contributed by atoms with Crippen LogP contribution in [-0.4, -0.2) is 53.3 Å². The number of aromatic nitrogens is 3. The summed E-state index contributed by atoms with van der Waals surface area (Å²) in [7, 11) is 3.04. The van der Waals surface area contributed by atoms with Crippen molar-refractivity contribution >= 4 is 23.7 Å². The van der Waals surface area contributed by atoms with Crippen molar-refractivity contribution in [1.82, 2.24) is 14.8 Å². The van der Waals surface area contributed by atoms with Crippen LogP contribution in [0, 0.1) is 0 Å². The van der Waals surface area contributed by atoms with E-state index in [0.29, 0.717) is 5.16 Å². The monoisotopic (exact) mass is 376 g/mol. The molecule has 0 saturated carbocycles. The summed E-state index contributed by atoms with van der Waals surface area (Å²) in [6, 6.07) is 7.77. The first kappa shape index (κ1) is 18.6. The summed E-state index contributed by atoms with van der Waals surface area (Å²) in [4.78, 5) is 14.1. The zero-order valence-corrected chi connectivity index (χ0v) is 16.2. The van der Waals surface area contributed by atoms with Gasteiger partial charge >= 0.3 is 5.97 Å². The molecule has 0 bridgehead atoms. The van der Waals surface area contributed by atoms with Crippen LogP contribution in [0.2, 0.25) is 0 Å². The Labute approximate surface area is 157 Å². The number of hydrogen-bond donors (Lipinski definition) is 0. The molecule has 1 saturated heterocycles. The predicted octanol–water partition coefficient (Wildman–Crippen LogP) is 2.92. The molecule has 0 N–H and O–H groups in total. The molecule has 1 fully saturated rings. The van der Waals surface area contributed by atoms with Crippen LogP contribution in [0.4, 0.5) is 5.95 Å². The van der Waals surface area contributed by atoms with E-state index in [0.717, 1.165) is 43.3 Å². The Kier molecular flexibility index (Phi) is 6.03. The minimum absolute atomic E-state index is 0.288. The fourth-order valence-electron chi connectivity index (χ4n) is 3.03. The molecule has 7 nitrogen and oxygen atoms in total. The maximum atomic E-state index is 11.9. The number of anilines is 1. The number of nitrogens with zero attached hydrogens (tertiary/aromatic N) is 4. The Morgan fingerprint density at radius 3 is 2.58 bits per heavy atom. The zero-order chi connectivity index (χ0) is 18.5. The molecule has 0 amide bonds. The van der Waals surface area contributed by atoms with Crippen molar-refractivity contribution in [2.24, 2.45) is 0 Å². The van der Waals surface area contributed by atoms with Gasteiger partial charge in [-0.2, -0.15) is 0 Å². The van der Waals surface area contributed by atoms with Crippen molar-refractivity contribution in [1.29, 1.82) is 0 Å². The van der Waals surface area contributed by atoms with Gasteiger partial charge in [-0.3, -0.25) is 9.36 Å². The molecular weight excluding hydrogens is 352 g/mol. The summed E-state index contributed by atoms with van der Waals surface area (Å²) in [6.07, 6.45) is 3.51. The molecule has 2 heterocycles. The van der Waals surface area contributed by atoms with E-state index in [1.807, 2.05) is 28.8 Å². The third-order valence-electron chi connectivity index (χ3n) is 4.40. The molecule has 2 aromatic rings. The third kappa shape index (κ3) is 3.80. The molecule has 1 aliphatic heterocycles. The smallest absolute Gasteiger partial charge is 0.318 e. The van der Waals surface area contributed by atoms with E-state index >= 15 is 0 Å². The van der Waals surface area contributed by atoms with E-state index in [1.54, 1.807) is 14.0 Å². The Morgan fingerprint density at radius 1 is 1.15 bits per heavy atom. The highest BCUT2D eigenvalue weighted by atomic mass is 32.2. The molecule has 8 heteroatoms. The van der Waals surface area contributed by atoms with Gasteiger partial charge in [-0.05, 0) is 38.3 Å². The average molecular weight is 376 g/mol. The van der Waals surface area contributed by atoms with Gasteiger partial charge in [-0.25, -0.2) is 0 Å². The lowest BCUT2D eigenvalue weighted by molar-refractivity contribution is -0.139. The first-order valence-electron chi connectivity index (χ1n) is 8.74. The Bertz CT molecular complexity index is 759. The van der Waals surface area contributed by atoms with Crippen LogP contribution < -0.4 is 9.64 Å². The second-order valence-electron chi connectivity index (χ2n) is 6.12. The second kappa shape index (κ2) is 8.44. The molecule has 1 aromatic carbocycles. The van der Waals surface area contributed by atoms with Crippen LogP contribution >= 0.6 is 11.8 Å². The number of carbonyl (C=O) groups is 1. The van der Waals surface area contributed by atoms with Crippen molar-refractivity contribution in [3.8, 4) is 11.4 Å². The van der Waals surface area contributed by atoms with E-state index < -0.39 is 0 Å². The molecule has 0 radical (unpaired) electrons. The summed E-state index contributed by atoms with van der Waals surface area (Å²) >= 11 is 1.33. The maximum Gasteiger partial charge on any atom is 0.318 e. The van der Waals surface area contributed by atoms with E-state index in [2.05, 4.69) is 15.1 Å². The second-order valence-corrected chi connectivity index (χ2v) is 7.43. The van der Waals surface area contributed by atoms with E-state index in [-0.39, 0.29) is 11.2 Å². The van der Waals surface area contributed by atoms with E-state index in [4.69, 9.17) is 9.47 Å². The van der Waals surface area contributed by atoms with Crippen LogP contribution in [0.1, 0.15) is 26.2 Å². The fraction of sp³-hybridized carbons (Fsp3) is 0.500. The van der Waals surface area contributed by atoms with Gasteiger partial charge in [0, 0.05) is 13.1 Å². The van der Waals surface area contributed by atoms with Crippen LogP contribution in [0.3, 0.4) is 0 Å². The summed E-state index contributed by atoms with van der Waals surface area (Å²) < 4.78 is 12.4. The largest absolute Gasteiger partial charge is 0.495 e. The maximum absolute atomic E-state index is 11.9. The topological polar surface area (TPSA) is 69.5 Å². The highest BCUT2D eigenvalue weighted by Crippen LogP contribution is 2.34. The molecule has 1 aromatic heterocycles.